The van der Waals surface area contributed by atoms with E-state index in [1.807, 2.05) is 24.3 Å². The topological polar surface area (TPSA) is 17.1 Å². The van der Waals surface area contributed by atoms with Gasteiger partial charge in [0.25, 0.3) is 0 Å². The van der Waals surface area contributed by atoms with Crippen molar-refractivity contribution < 1.29 is 4.79 Å². The molecule has 76 valence electrons. The van der Waals surface area contributed by atoms with Crippen molar-refractivity contribution in [3.8, 4) is 0 Å². The van der Waals surface area contributed by atoms with Crippen molar-refractivity contribution in [2.75, 3.05) is 0 Å². The molecule has 0 N–H and O–H groups in total. The number of rotatable bonds is 4. The van der Waals surface area contributed by atoms with Gasteiger partial charge in [0.2, 0.25) is 0 Å². The van der Waals surface area contributed by atoms with Crippen molar-refractivity contribution in [3.05, 3.63) is 34.9 Å². The maximum atomic E-state index is 11.0. The van der Waals surface area contributed by atoms with Gasteiger partial charge in [0, 0.05) is 11.4 Å². The van der Waals surface area contributed by atoms with Gasteiger partial charge < -0.3 is 4.79 Å². The quantitative estimate of drug-likeness (QED) is 0.739. The Kier molecular flexibility index (Phi) is 4.15. The molecule has 0 saturated carbocycles. The van der Waals surface area contributed by atoms with E-state index < -0.39 is 0 Å². The monoisotopic (exact) mass is 210 g/mol. The fourth-order valence-electron chi connectivity index (χ4n) is 1.58. The van der Waals surface area contributed by atoms with E-state index >= 15 is 0 Å². The number of carbonyl (C=O) groups excluding carboxylic acids is 1. The number of hydrogen-bond donors (Lipinski definition) is 0. The van der Waals surface area contributed by atoms with E-state index in [4.69, 9.17) is 11.6 Å². The molecule has 1 aromatic rings. The zero-order valence-corrected chi connectivity index (χ0v) is 9.34. The summed E-state index contributed by atoms with van der Waals surface area (Å²) < 4.78 is 0. The molecule has 14 heavy (non-hydrogen) atoms. The van der Waals surface area contributed by atoms with E-state index in [0.29, 0.717) is 12.3 Å². The van der Waals surface area contributed by atoms with E-state index in [0.717, 1.165) is 11.4 Å². The second kappa shape index (κ2) is 5.16. The second-order valence-corrected chi connectivity index (χ2v) is 4.00. The molecule has 0 fully saturated rings. The lowest BCUT2D eigenvalue weighted by atomic mass is 9.92. The highest BCUT2D eigenvalue weighted by molar-refractivity contribution is 6.30. The van der Waals surface area contributed by atoms with E-state index in [1.165, 1.54) is 5.56 Å². The Morgan fingerprint density at radius 2 is 1.93 bits per heavy atom. The van der Waals surface area contributed by atoms with Gasteiger partial charge in [-0.3, -0.25) is 0 Å². The average molecular weight is 211 g/mol. The molecule has 2 heteroatoms. The van der Waals surface area contributed by atoms with Crippen LogP contribution < -0.4 is 0 Å². The van der Waals surface area contributed by atoms with Gasteiger partial charge in [-0.2, -0.15) is 0 Å². The van der Waals surface area contributed by atoms with Crippen LogP contribution in [-0.4, -0.2) is 5.78 Å². The molecule has 1 nitrogen and oxygen atoms in total. The zero-order valence-electron chi connectivity index (χ0n) is 8.59. The van der Waals surface area contributed by atoms with Gasteiger partial charge in [0.1, 0.15) is 5.78 Å². The van der Waals surface area contributed by atoms with Crippen molar-refractivity contribution in [1.82, 2.24) is 0 Å². The maximum Gasteiger partial charge on any atom is 0.130 e. The van der Waals surface area contributed by atoms with E-state index in [-0.39, 0.29) is 5.78 Å². The highest BCUT2D eigenvalue weighted by atomic mass is 35.5. The summed E-state index contributed by atoms with van der Waals surface area (Å²) in [6.07, 6.45) is 1.61. The Morgan fingerprint density at radius 1 is 1.36 bits per heavy atom. The van der Waals surface area contributed by atoms with Crippen molar-refractivity contribution in [2.24, 2.45) is 0 Å². The zero-order chi connectivity index (χ0) is 10.6. The molecule has 1 atom stereocenters. The van der Waals surface area contributed by atoms with Gasteiger partial charge in [-0.15, -0.1) is 0 Å². The van der Waals surface area contributed by atoms with Crippen LogP contribution in [0.25, 0.3) is 0 Å². The largest absolute Gasteiger partial charge is 0.300 e. The minimum atomic E-state index is 0.242. The first kappa shape index (κ1) is 11.3. The molecular weight excluding hydrogens is 196 g/mol. The van der Waals surface area contributed by atoms with Gasteiger partial charge in [-0.05, 0) is 37.0 Å². The Morgan fingerprint density at radius 3 is 2.36 bits per heavy atom. The molecule has 0 bridgehead atoms. The fraction of sp³-hybridized carbons (Fsp3) is 0.417. The molecule has 0 saturated heterocycles. The van der Waals surface area contributed by atoms with Crippen LogP contribution in [-0.2, 0) is 4.79 Å². The summed E-state index contributed by atoms with van der Waals surface area (Å²) in [6, 6.07) is 7.75. The predicted octanol–water partition coefficient (Wildman–Crippen LogP) is 3.81. The molecule has 0 heterocycles. The lowest BCUT2D eigenvalue weighted by molar-refractivity contribution is -0.117. The SMILES string of the molecule is CCC(CC(C)=O)c1ccc(Cl)cc1. The minimum Gasteiger partial charge on any atom is -0.300 e. The third kappa shape index (κ3) is 3.15. The van der Waals surface area contributed by atoms with Crippen LogP contribution in [0.3, 0.4) is 0 Å². The van der Waals surface area contributed by atoms with Crippen molar-refractivity contribution in [3.63, 3.8) is 0 Å². The number of carbonyl (C=O) groups is 1. The van der Waals surface area contributed by atoms with E-state index in [9.17, 15) is 4.79 Å². The average Bonchev–Trinajstić information content (AvgIpc) is 2.15. The highest BCUT2D eigenvalue weighted by Gasteiger charge is 2.11. The summed E-state index contributed by atoms with van der Waals surface area (Å²) >= 11 is 5.80. The smallest absolute Gasteiger partial charge is 0.130 e. The van der Waals surface area contributed by atoms with Crippen LogP contribution in [0.15, 0.2) is 24.3 Å². The van der Waals surface area contributed by atoms with E-state index in [2.05, 4.69) is 6.92 Å². The molecule has 0 aliphatic carbocycles. The molecule has 1 unspecified atom stereocenters. The predicted molar refractivity (Wildman–Crippen MR) is 59.8 cm³/mol. The van der Waals surface area contributed by atoms with Gasteiger partial charge in [-0.25, -0.2) is 0 Å². The molecule has 0 radical (unpaired) electrons. The third-order valence-electron chi connectivity index (χ3n) is 2.37. The molecule has 0 aliphatic rings. The van der Waals surface area contributed by atoms with E-state index in [1.54, 1.807) is 6.92 Å². The number of hydrogen-bond acceptors (Lipinski definition) is 1. The van der Waals surface area contributed by atoms with Crippen LogP contribution in [0, 0.1) is 0 Å². The number of ketones is 1. The fourth-order valence-corrected chi connectivity index (χ4v) is 1.71. The third-order valence-corrected chi connectivity index (χ3v) is 2.62. The normalized spacial score (nSPS) is 12.5. The Hall–Kier alpha value is -0.820. The van der Waals surface area contributed by atoms with Crippen molar-refractivity contribution in [1.29, 1.82) is 0 Å². The Balaban J connectivity index is 2.78. The summed E-state index contributed by atoms with van der Waals surface area (Å²) in [7, 11) is 0. The summed E-state index contributed by atoms with van der Waals surface area (Å²) in [6.45, 7) is 3.74. The lowest BCUT2D eigenvalue weighted by Crippen LogP contribution is -2.02. The van der Waals surface area contributed by atoms with Crippen LogP contribution in [0.2, 0.25) is 5.02 Å². The van der Waals surface area contributed by atoms with Crippen LogP contribution in [0.5, 0.6) is 0 Å². The van der Waals surface area contributed by atoms with Gasteiger partial charge >= 0.3 is 0 Å². The molecule has 1 rings (SSSR count). The number of halogens is 1. The highest BCUT2D eigenvalue weighted by Crippen LogP contribution is 2.24. The van der Waals surface area contributed by atoms with Gasteiger partial charge in [0.15, 0.2) is 0 Å². The molecule has 0 aliphatic heterocycles. The van der Waals surface area contributed by atoms with Crippen molar-refractivity contribution >= 4 is 17.4 Å². The number of Topliss-reactive ketones (excluding diaryl/α,β-unsaturated/α-hetero) is 1. The lowest BCUT2D eigenvalue weighted by Gasteiger charge is -2.13. The first-order valence-corrected chi connectivity index (χ1v) is 5.26. The molecule has 0 aromatic heterocycles. The second-order valence-electron chi connectivity index (χ2n) is 3.56. The Labute approximate surface area is 90.1 Å². The first-order valence-electron chi connectivity index (χ1n) is 4.88. The molecule has 1 aromatic carbocycles. The molecule has 0 spiro atoms. The van der Waals surface area contributed by atoms with Crippen molar-refractivity contribution in [2.45, 2.75) is 32.6 Å². The number of benzene rings is 1. The summed E-state index contributed by atoms with van der Waals surface area (Å²) in [5, 5.41) is 0.742. The van der Waals surface area contributed by atoms with Crippen LogP contribution in [0.1, 0.15) is 38.2 Å². The van der Waals surface area contributed by atoms with Gasteiger partial charge in [-0.1, -0.05) is 30.7 Å². The Bertz CT molecular complexity index is 303. The van der Waals surface area contributed by atoms with Crippen LogP contribution >= 0.6 is 11.6 Å². The summed E-state index contributed by atoms with van der Waals surface area (Å²) in [5.41, 5.74) is 1.20. The summed E-state index contributed by atoms with van der Waals surface area (Å²) in [5.74, 6) is 0.580. The molecule has 0 amide bonds. The standard InChI is InChI=1S/C12H15ClO/c1-3-10(8-9(2)14)11-4-6-12(13)7-5-11/h4-7,10H,3,8H2,1-2H3. The van der Waals surface area contributed by atoms with Crippen LogP contribution in [0.4, 0.5) is 0 Å². The summed E-state index contributed by atoms with van der Waals surface area (Å²) in [4.78, 5) is 11.0. The first-order chi connectivity index (χ1) is 6.63. The van der Waals surface area contributed by atoms with Gasteiger partial charge in [0.05, 0.1) is 0 Å². The molecular formula is C12H15ClO. The minimum absolute atomic E-state index is 0.242. The maximum absolute atomic E-state index is 11.0.